The van der Waals surface area contributed by atoms with Gasteiger partial charge in [0.1, 0.15) is 0 Å². The molecule has 0 spiro atoms. The lowest BCUT2D eigenvalue weighted by Gasteiger charge is -2.01. The van der Waals surface area contributed by atoms with E-state index in [1.165, 1.54) is 11.1 Å². The molecule has 1 heteroatoms. The van der Waals surface area contributed by atoms with E-state index in [0.29, 0.717) is 5.92 Å². The molecule has 1 aliphatic carbocycles. The third-order valence-electron chi connectivity index (χ3n) is 2.36. The van der Waals surface area contributed by atoms with Crippen LogP contribution in [0.3, 0.4) is 0 Å². The number of hydrogen-bond donors (Lipinski definition) is 0. The van der Waals surface area contributed by atoms with Gasteiger partial charge in [0.05, 0.1) is 13.2 Å². The summed E-state index contributed by atoms with van der Waals surface area (Å²) >= 11 is 0. The summed E-state index contributed by atoms with van der Waals surface area (Å²) in [5.41, 5.74) is 2.59. The van der Waals surface area contributed by atoms with Crippen molar-refractivity contribution in [2.45, 2.75) is 13.0 Å². The van der Waals surface area contributed by atoms with Crippen molar-refractivity contribution < 1.29 is 4.74 Å². The number of ether oxygens (including phenoxy) is 1. The zero-order valence-corrected chi connectivity index (χ0v) is 7.70. The predicted octanol–water partition coefficient (Wildman–Crippen LogP) is 2.78. The van der Waals surface area contributed by atoms with Gasteiger partial charge in [-0.15, -0.1) is 0 Å². The molecule has 0 N–H and O–H groups in total. The topological polar surface area (TPSA) is 9.23 Å². The van der Waals surface area contributed by atoms with Gasteiger partial charge in [-0.05, 0) is 12.0 Å². The van der Waals surface area contributed by atoms with Crippen molar-refractivity contribution in [3.8, 4) is 0 Å². The van der Waals surface area contributed by atoms with Crippen LogP contribution in [0, 0.1) is 5.92 Å². The van der Waals surface area contributed by atoms with Crippen LogP contribution in [0.2, 0.25) is 0 Å². The Kier molecular flexibility index (Phi) is 2.46. The summed E-state index contributed by atoms with van der Waals surface area (Å²) < 4.78 is 5.55. The zero-order chi connectivity index (χ0) is 9.10. The quantitative estimate of drug-likeness (QED) is 0.638. The number of hydrogen-bond acceptors (Lipinski definition) is 1. The van der Waals surface area contributed by atoms with Crippen LogP contribution in [0.1, 0.15) is 12.0 Å². The molecule has 1 unspecified atom stereocenters. The Bertz CT molecular complexity index is 289. The van der Waals surface area contributed by atoms with Crippen molar-refractivity contribution in [3.63, 3.8) is 0 Å². The van der Waals surface area contributed by atoms with Gasteiger partial charge in [0.15, 0.2) is 0 Å². The van der Waals surface area contributed by atoms with E-state index in [4.69, 9.17) is 4.74 Å². The summed E-state index contributed by atoms with van der Waals surface area (Å²) in [6.07, 6.45) is 1.16. The summed E-state index contributed by atoms with van der Waals surface area (Å²) in [7, 11) is 0. The lowest BCUT2D eigenvalue weighted by Crippen LogP contribution is -1.96. The van der Waals surface area contributed by atoms with Crippen molar-refractivity contribution in [2.24, 2.45) is 5.92 Å². The summed E-state index contributed by atoms with van der Waals surface area (Å²) in [6, 6.07) is 10.3. The van der Waals surface area contributed by atoms with E-state index in [1.54, 1.807) is 0 Å². The first-order valence-electron chi connectivity index (χ1n) is 4.65. The Morgan fingerprint density at radius 1 is 1.31 bits per heavy atom. The standard InChI is InChI=1S/C12H14O/c1-10-7-12(10)9-13-8-11-5-3-2-4-6-11/h2-6,12H,1,7-9H2. The van der Waals surface area contributed by atoms with Gasteiger partial charge in [-0.3, -0.25) is 0 Å². The van der Waals surface area contributed by atoms with Crippen LogP contribution in [0.5, 0.6) is 0 Å². The lowest BCUT2D eigenvalue weighted by atomic mass is 10.2. The molecule has 0 aliphatic heterocycles. The molecule has 68 valence electrons. The molecular formula is C12H14O. The molecule has 1 aliphatic rings. The van der Waals surface area contributed by atoms with Gasteiger partial charge < -0.3 is 4.74 Å². The van der Waals surface area contributed by atoms with Crippen molar-refractivity contribution in [1.29, 1.82) is 0 Å². The molecule has 0 heterocycles. The summed E-state index contributed by atoms with van der Waals surface area (Å²) in [5, 5.41) is 0. The van der Waals surface area contributed by atoms with E-state index in [0.717, 1.165) is 19.6 Å². The Balaban J connectivity index is 1.71. The summed E-state index contributed by atoms with van der Waals surface area (Å²) in [6.45, 7) is 5.46. The Labute approximate surface area is 79.0 Å². The van der Waals surface area contributed by atoms with Crippen molar-refractivity contribution in [1.82, 2.24) is 0 Å². The minimum absolute atomic E-state index is 0.642. The third-order valence-corrected chi connectivity index (χ3v) is 2.36. The first-order chi connectivity index (χ1) is 6.36. The zero-order valence-electron chi connectivity index (χ0n) is 7.70. The average Bonchev–Trinajstić information content (AvgIpc) is 2.84. The van der Waals surface area contributed by atoms with Crippen LogP contribution < -0.4 is 0 Å². The van der Waals surface area contributed by atoms with E-state index < -0.39 is 0 Å². The number of rotatable bonds is 4. The fourth-order valence-corrected chi connectivity index (χ4v) is 1.33. The molecule has 0 radical (unpaired) electrons. The molecule has 0 saturated heterocycles. The van der Waals surface area contributed by atoms with Crippen molar-refractivity contribution in [3.05, 3.63) is 48.0 Å². The molecule has 1 nitrogen and oxygen atoms in total. The van der Waals surface area contributed by atoms with E-state index in [-0.39, 0.29) is 0 Å². The second-order valence-electron chi connectivity index (χ2n) is 3.56. The van der Waals surface area contributed by atoms with Gasteiger partial charge in [0.2, 0.25) is 0 Å². The van der Waals surface area contributed by atoms with Crippen LogP contribution in [-0.4, -0.2) is 6.61 Å². The van der Waals surface area contributed by atoms with Crippen LogP contribution in [0.4, 0.5) is 0 Å². The molecule has 2 rings (SSSR count). The molecular weight excluding hydrogens is 160 g/mol. The van der Waals surface area contributed by atoms with E-state index in [1.807, 2.05) is 18.2 Å². The molecule has 13 heavy (non-hydrogen) atoms. The highest BCUT2D eigenvalue weighted by Crippen LogP contribution is 2.35. The SMILES string of the molecule is C=C1CC1COCc1ccccc1. The summed E-state index contributed by atoms with van der Waals surface area (Å²) in [5.74, 6) is 0.642. The Morgan fingerprint density at radius 3 is 2.62 bits per heavy atom. The minimum Gasteiger partial charge on any atom is -0.376 e. The maximum atomic E-state index is 5.55. The third kappa shape index (κ3) is 2.43. The molecule has 1 saturated carbocycles. The second kappa shape index (κ2) is 3.75. The highest BCUT2D eigenvalue weighted by Gasteiger charge is 2.26. The summed E-state index contributed by atoms with van der Waals surface area (Å²) in [4.78, 5) is 0. The largest absolute Gasteiger partial charge is 0.376 e. The van der Waals surface area contributed by atoms with E-state index in [9.17, 15) is 0 Å². The van der Waals surface area contributed by atoms with Crippen LogP contribution in [-0.2, 0) is 11.3 Å². The fraction of sp³-hybridized carbons (Fsp3) is 0.333. The minimum atomic E-state index is 0.642. The first-order valence-corrected chi connectivity index (χ1v) is 4.65. The van der Waals surface area contributed by atoms with E-state index >= 15 is 0 Å². The Morgan fingerprint density at radius 2 is 2.00 bits per heavy atom. The normalized spacial score (nSPS) is 20.3. The smallest absolute Gasteiger partial charge is 0.0717 e. The number of benzene rings is 1. The van der Waals surface area contributed by atoms with Gasteiger partial charge in [-0.1, -0.05) is 42.5 Å². The van der Waals surface area contributed by atoms with Gasteiger partial charge in [-0.25, -0.2) is 0 Å². The van der Waals surface area contributed by atoms with Gasteiger partial charge in [0, 0.05) is 5.92 Å². The molecule has 1 atom stereocenters. The second-order valence-corrected chi connectivity index (χ2v) is 3.56. The van der Waals surface area contributed by atoms with Gasteiger partial charge in [0.25, 0.3) is 0 Å². The average molecular weight is 174 g/mol. The van der Waals surface area contributed by atoms with Crippen LogP contribution in [0.15, 0.2) is 42.5 Å². The van der Waals surface area contributed by atoms with Gasteiger partial charge >= 0.3 is 0 Å². The van der Waals surface area contributed by atoms with Gasteiger partial charge in [-0.2, -0.15) is 0 Å². The van der Waals surface area contributed by atoms with Crippen molar-refractivity contribution in [2.75, 3.05) is 6.61 Å². The monoisotopic (exact) mass is 174 g/mol. The van der Waals surface area contributed by atoms with E-state index in [2.05, 4.69) is 18.7 Å². The first kappa shape index (κ1) is 8.52. The molecule has 1 aromatic carbocycles. The Hall–Kier alpha value is -1.08. The predicted molar refractivity (Wildman–Crippen MR) is 53.3 cm³/mol. The highest BCUT2D eigenvalue weighted by molar-refractivity contribution is 5.18. The highest BCUT2D eigenvalue weighted by atomic mass is 16.5. The van der Waals surface area contributed by atoms with Crippen molar-refractivity contribution >= 4 is 0 Å². The maximum absolute atomic E-state index is 5.55. The fourth-order valence-electron chi connectivity index (χ4n) is 1.33. The van der Waals surface area contributed by atoms with Crippen LogP contribution >= 0.6 is 0 Å². The molecule has 0 bridgehead atoms. The molecule has 1 fully saturated rings. The lowest BCUT2D eigenvalue weighted by molar-refractivity contribution is 0.114. The van der Waals surface area contributed by atoms with Crippen LogP contribution in [0.25, 0.3) is 0 Å². The molecule has 0 amide bonds. The molecule has 1 aromatic rings. The maximum Gasteiger partial charge on any atom is 0.0717 e. The molecule has 0 aromatic heterocycles.